The highest BCUT2D eigenvalue weighted by Gasteiger charge is 2.02. The second-order valence-electron chi connectivity index (χ2n) is 2.76. The molecule has 0 radical (unpaired) electrons. The molecule has 1 aromatic carbocycles. The molecule has 1 aromatic rings. The largest absolute Gasteiger partial charge is 0.207 e. The molecule has 0 spiro atoms. The molecule has 1 atom stereocenters. The van der Waals surface area contributed by atoms with Crippen LogP contribution in [0.1, 0.15) is 12.5 Å². The first-order valence-corrected chi connectivity index (χ1v) is 4.96. The van der Waals surface area contributed by atoms with Gasteiger partial charge >= 0.3 is 0 Å². The van der Waals surface area contributed by atoms with Gasteiger partial charge in [0, 0.05) is 9.85 Å². The van der Waals surface area contributed by atoms with Crippen LogP contribution in [0.5, 0.6) is 0 Å². The third-order valence-corrected chi connectivity index (χ3v) is 1.98. The van der Waals surface area contributed by atoms with Crippen LogP contribution in [0.2, 0.25) is 5.02 Å². The monoisotopic (exact) mass is 250 g/mol. The van der Waals surface area contributed by atoms with Crippen molar-refractivity contribution in [1.29, 1.82) is 0 Å². The van der Waals surface area contributed by atoms with Gasteiger partial charge < -0.3 is 0 Å². The molecular weight excluding hydrogens is 242 g/mol. The lowest BCUT2D eigenvalue weighted by atomic mass is 10.1. The third kappa shape index (κ3) is 3.11. The van der Waals surface area contributed by atoms with E-state index in [-0.39, 0.29) is 5.82 Å². The third-order valence-electron chi connectivity index (χ3n) is 1.44. The topological polar surface area (TPSA) is 0 Å². The Bertz CT molecular complexity index is 253. The van der Waals surface area contributed by atoms with Gasteiger partial charge in [-0.25, -0.2) is 4.39 Å². The number of benzene rings is 1. The molecule has 0 saturated carbocycles. The first-order chi connectivity index (χ1) is 5.58. The molecule has 0 aromatic heterocycles. The van der Waals surface area contributed by atoms with E-state index in [9.17, 15) is 4.39 Å². The minimum Gasteiger partial charge on any atom is -0.207 e. The molecule has 0 nitrogen and oxygen atoms in total. The van der Waals surface area contributed by atoms with Crippen LogP contribution in [0.15, 0.2) is 18.2 Å². The van der Waals surface area contributed by atoms with Gasteiger partial charge in [0.15, 0.2) is 0 Å². The fourth-order valence-corrected chi connectivity index (χ4v) is 1.67. The first kappa shape index (κ1) is 10.0. The number of alkyl halides is 1. The Labute approximate surface area is 84.9 Å². The molecule has 0 saturated heterocycles. The maximum absolute atomic E-state index is 12.8. The molecule has 1 unspecified atom stereocenters. The maximum atomic E-state index is 12.8. The van der Waals surface area contributed by atoms with Gasteiger partial charge in [0.25, 0.3) is 0 Å². The van der Waals surface area contributed by atoms with Crippen LogP contribution in [0.3, 0.4) is 0 Å². The summed E-state index contributed by atoms with van der Waals surface area (Å²) in [5, 5.41) is 0.457. The molecule has 0 aliphatic carbocycles. The lowest BCUT2D eigenvalue weighted by Crippen LogP contribution is -1.96. The van der Waals surface area contributed by atoms with Crippen molar-refractivity contribution in [2.24, 2.45) is 0 Å². The molecule has 12 heavy (non-hydrogen) atoms. The molecule has 0 N–H and O–H groups in total. The Hall–Kier alpha value is -0.0800. The van der Waals surface area contributed by atoms with Crippen LogP contribution in [0, 0.1) is 5.82 Å². The molecule has 1 rings (SSSR count). The predicted molar refractivity (Wildman–Crippen MR) is 53.5 cm³/mol. The van der Waals surface area contributed by atoms with E-state index in [0.717, 1.165) is 12.0 Å². The molecule has 0 fully saturated rings. The maximum Gasteiger partial charge on any atom is 0.124 e. The Morgan fingerprint density at radius 2 is 2.17 bits per heavy atom. The molecule has 0 aliphatic rings. The molecule has 3 heteroatoms. The summed E-state index contributed by atoms with van der Waals surface area (Å²) in [5.74, 6) is -0.273. The number of rotatable bonds is 2. The van der Waals surface area contributed by atoms with Crippen molar-refractivity contribution in [3.63, 3.8) is 0 Å². The standard InChI is InChI=1S/C9H9BrClF/c1-6(10)2-7-3-8(11)5-9(12)4-7/h3-6H,2H2,1H3. The van der Waals surface area contributed by atoms with Crippen molar-refractivity contribution in [2.75, 3.05) is 0 Å². The number of hydrogen-bond donors (Lipinski definition) is 0. The second-order valence-corrected chi connectivity index (χ2v) is 4.76. The van der Waals surface area contributed by atoms with Gasteiger partial charge in [-0.15, -0.1) is 0 Å². The fourth-order valence-electron chi connectivity index (χ4n) is 1.05. The summed E-state index contributed by atoms with van der Waals surface area (Å²) in [6.45, 7) is 2.01. The summed E-state index contributed by atoms with van der Waals surface area (Å²) in [6.07, 6.45) is 0.789. The zero-order chi connectivity index (χ0) is 9.14. The van der Waals surface area contributed by atoms with Crippen molar-refractivity contribution in [2.45, 2.75) is 18.2 Å². The van der Waals surface area contributed by atoms with Gasteiger partial charge in [0.2, 0.25) is 0 Å². The van der Waals surface area contributed by atoms with Crippen molar-refractivity contribution in [3.8, 4) is 0 Å². The summed E-state index contributed by atoms with van der Waals surface area (Å²) < 4.78 is 12.8. The van der Waals surface area contributed by atoms with Crippen molar-refractivity contribution in [1.82, 2.24) is 0 Å². The van der Waals surface area contributed by atoms with Gasteiger partial charge in [0.05, 0.1) is 0 Å². The highest BCUT2D eigenvalue weighted by atomic mass is 79.9. The second kappa shape index (κ2) is 4.24. The predicted octanol–water partition coefficient (Wildman–Crippen LogP) is 3.81. The fraction of sp³-hybridized carbons (Fsp3) is 0.333. The summed E-state index contributed by atoms with van der Waals surface area (Å²) in [5.41, 5.74) is 0.921. The molecule has 0 aliphatic heterocycles. The Morgan fingerprint density at radius 1 is 1.50 bits per heavy atom. The van der Waals surface area contributed by atoms with E-state index in [2.05, 4.69) is 15.9 Å². The van der Waals surface area contributed by atoms with E-state index in [0.29, 0.717) is 9.85 Å². The van der Waals surface area contributed by atoms with Gasteiger partial charge in [0.1, 0.15) is 5.82 Å². The first-order valence-electron chi connectivity index (χ1n) is 3.67. The minimum absolute atomic E-state index is 0.273. The van der Waals surface area contributed by atoms with Crippen molar-refractivity contribution in [3.05, 3.63) is 34.6 Å². The van der Waals surface area contributed by atoms with E-state index in [4.69, 9.17) is 11.6 Å². The zero-order valence-corrected chi connectivity index (χ0v) is 8.99. The van der Waals surface area contributed by atoms with Crippen LogP contribution in [-0.2, 0) is 6.42 Å². The lowest BCUT2D eigenvalue weighted by molar-refractivity contribution is 0.625. The smallest absolute Gasteiger partial charge is 0.124 e. The zero-order valence-electron chi connectivity index (χ0n) is 6.65. The average Bonchev–Trinajstić information content (AvgIpc) is 1.81. The Kier molecular flexibility index (Phi) is 3.53. The highest BCUT2D eigenvalue weighted by molar-refractivity contribution is 9.09. The normalized spacial score (nSPS) is 13.0. The lowest BCUT2D eigenvalue weighted by Gasteiger charge is -2.03. The van der Waals surface area contributed by atoms with Crippen LogP contribution < -0.4 is 0 Å². The van der Waals surface area contributed by atoms with Crippen molar-refractivity contribution >= 4 is 27.5 Å². The Morgan fingerprint density at radius 3 is 2.67 bits per heavy atom. The Balaban J connectivity index is 2.85. The minimum atomic E-state index is -0.273. The summed E-state index contributed by atoms with van der Waals surface area (Å²) in [4.78, 5) is 0.343. The summed E-state index contributed by atoms with van der Waals surface area (Å²) in [6, 6.07) is 4.59. The quantitative estimate of drug-likeness (QED) is 0.701. The van der Waals surface area contributed by atoms with Crippen LogP contribution in [-0.4, -0.2) is 4.83 Å². The van der Waals surface area contributed by atoms with Crippen LogP contribution >= 0.6 is 27.5 Å². The molecule has 0 amide bonds. The van der Waals surface area contributed by atoms with E-state index in [1.807, 2.05) is 6.92 Å². The van der Waals surface area contributed by atoms with Gasteiger partial charge in [-0.1, -0.05) is 34.5 Å². The SMILES string of the molecule is CC(Br)Cc1cc(F)cc(Cl)c1. The van der Waals surface area contributed by atoms with Gasteiger partial charge in [-0.2, -0.15) is 0 Å². The highest BCUT2D eigenvalue weighted by Crippen LogP contribution is 2.17. The molecular formula is C9H9BrClF. The van der Waals surface area contributed by atoms with Gasteiger partial charge in [-0.3, -0.25) is 0 Å². The summed E-state index contributed by atoms with van der Waals surface area (Å²) in [7, 11) is 0. The van der Waals surface area contributed by atoms with E-state index < -0.39 is 0 Å². The summed E-state index contributed by atoms with van der Waals surface area (Å²) >= 11 is 9.07. The average molecular weight is 252 g/mol. The number of hydrogen-bond acceptors (Lipinski definition) is 0. The van der Waals surface area contributed by atoms with Gasteiger partial charge in [-0.05, 0) is 30.2 Å². The van der Waals surface area contributed by atoms with Crippen molar-refractivity contribution < 1.29 is 4.39 Å². The molecule has 0 bridgehead atoms. The van der Waals surface area contributed by atoms with Crippen LogP contribution in [0.25, 0.3) is 0 Å². The van der Waals surface area contributed by atoms with Crippen LogP contribution in [0.4, 0.5) is 4.39 Å². The van der Waals surface area contributed by atoms with E-state index in [1.165, 1.54) is 12.1 Å². The van der Waals surface area contributed by atoms with E-state index >= 15 is 0 Å². The molecule has 0 heterocycles. The molecule has 66 valence electrons. The van der Waals surface area contributed by atoms with E-state index in [1.54, 1.807) is 6.07 Å². The number of halogens is 3.